The molecule has 1 aromatic carbocycles. The van der Waals surface area contributed by atoms with Crippen molar-refractivity contribution >= 4 is 22.5 Å². The molecule has 0 unspecified atom stereocenters. The zero-order valence-corrected chi connectivity index (χ0v) is 7.31. The Morgan fingerprint density at radius 1 is 1.42 bits per heavy atom. The molecule has 0 aliphatic heterocycles. The van der Waals surface area contributed by atoms with Crippen LogP contribution in [0.1, 0.15) is 5.56 Å². The number of H-pyrrole nitrogens is 1. The first-order valence-electron chi connectivity index (χ1n) is 3.66. The summed E-state index contributed by atoms with van der Waals surface area (Å²) < 4.78 is 0. The molecule has 0 fully saturated rings. The van der Waals surface area contributed by atoms with Gasteiger partial charge in [0.2, 0.25) is 0 Å². The van der Waals surface area contributed by atoms with Crippen LogP contribution in [0.15, 0.2) is 18.2 Å². The fourth-order valence-electron chi connectivity index (χ4n) is 1.31. The van der Waals surface area contributed by atoms with Gasteiger partial charge in [0.25, 0.3) is 0 Å². The molecular formula is C9H8ClNO. The minimum absolute atomic E-state index is 0.238. The summed E-state index contributed by atoms with van der Waals surface area (Å²) in [7, 11) is 0. The topological polar surface area (TPSA) is 36.0 Å². The zero-order chi connectivity index (χ0) is 8.72. The molecule has 0 bridgehead atoms. The van der Waals surface area contributed by atoms with Crippen molar-refractivity contribution < 1.29 is 5.11 Å². The summed E-state index contributed by atoms with van der Waals surface area (Å²) >= 11 is 5.86. The lowest BCUT2D eigenvalue weighted by molar-refractivity contribution is 0.480. The Labute approximate surface area is 74.8 Å². The molecule has 2 aromatic rings. The second-order valence-corrected chi connectivity index (χ2v) is 3.14. The molecule has 2 N–H and O–H groups in total. The van der Waals surface area contributed by atoms with Crippen LogP contribution in [0.25, 0.3) is 10.9 Å². The number of halogens is 1. The van der Waals surface area contributed by atoms with Gasteiger partial charge in [0.1, 0.15) is 10.9 Å². The summed E-state index contributed by atoms with van der Waals surface area (Å²) in [5.74, 6) is 0.238. The van der Waals surface area contributed by atoms with Gasteiger partial charge in [-0.1, -0.05) is 23.7 Å². The van der Waals surface area contributed by atoms with Crippen LogP contribution >= 0.6 is 11.6 Å². The molecular weight excluding hydrogens is 174 g/mol. The summed E-state index contributed by atoms with van der Waals surface area (Å²) in [6, 6.07) is 5.36. The number of phenols is 1. The van der Waals surface area contributed by atoms with Crippen LogP contribution in [-0.2, 0) is 0 Å². The van der Waals surface area contributed by atoms with Crippen molar-refractivity contribution in [3.8, 4) is 5.75 Å². The average molecular weight is 182 g/mol. The number of aromatic nitrogens is 1. The van der Waals surface area contributed by atoms with E-state index in [9.17, 15) is 5.11 Å². The summed E-state index contributed by atoms with van der Waals surface area (Å²) in [6.45, 7) is 1.92. The van der Waals surface area contributed by atoms with Crippen LogP contribution in [0.3, 0.4) is 0 Å². The third kappa shape index (κ3) is 0.883. The van der Waals surface area contributed by atoms with Crippen LogP contribution in [0.4, 0.5) is 0 Å². The summed E-state index contributed by atoms with van der Waals surface area (Å²) in [4.78, 5) is 2.91. The summed E-state index contributed by atoms with van der Waals surface area (Å²) in [5.41, 5.74) is 1.68. The lowest BCUT2D eigenvalue weighted by atomic mass is 10.2. The van der Waals surface area contributed by atoms with E-state index in [0.29, 0.717) is 10.7 Å². The van der Waals surface area contributed by atoms with Crippen molar-refractivity contribution in [1.82, 2.24) is 4.98 Å². The number of nitrogens with one attached hydrogen (secondary N) is 1. The zero-order valence-electron chi connectivity index (χ0n) is 6.56. The van der Waals surface area contributed by atoms with Gasteiger partial charge in [-0.3, -0.25) is 0 Å². The molecule has 0 aliphatic carbocycles. The van der Waals surface area contributed by atoms with E-state index in [0.717, 1.165) is 10.9 Å². The van der Waals surface area contributed by atoms with E-state index in [-0.39, 0.29) is 5.75 Å². The number of aromatic hydroxyl groups is 1. The predicted molar refractivity (Wildman–Crippen MR) is 49.7 cm³/mol. The number of benzene rings is 1. The van der Waals surface area contributed by atoms with E-state index < -0.39 is 0 Å². The smallest absolute Gasteiger partial charge is 0.139 e. The standard InChI is InChI=1S/C9H8ClNO/c1-5-6-3-2-4-7(12)8(6)11-9(5)10/h2-4,11-12H,1H3. The van der Waals surface area contributed by atoms with E-state index >= 15 is 0 Å². The molecule has 1 heterocycles. The van der Waals surface area contributed by atoms with Gasteiger partial charge < -0.3 is 10.1 Å². The quantitative estimate of drug-likeness (QED) is 0.644. The maximum atomic E-state index is 9.42. The molecule has 62 valence electrons. The number of hydrogen-bond acceptors (Lipinski definition) is 1. The van der Waals surface area contributed by atoms with E-state index in [1.807, 2.05) is 13.0 Å². The Morgan fingerprint density at radius 2 is 2.17 bits per heavy atom. The van der Waals surface area contributed by atoms with Gasteiger partial charge in [-0.15, -0.1) is 0 Å². The van der Waals surface area contributed by atoms with E-state index in [4.69, 9.17) is 11.6 Å². The molecule has 0 aliphatic rings. The minimum atomic E-state index is 0.238. The normalized spacial score (nSPS) is 10.8. The number of hydrogen-bond donors (Lipinski definition) is 2. The Hall–Kier alpha value is -1.15. The highest BCUT2D eigenvalue weighted by molar-refractivity contribution is 6.31. The number of phenolic OH excluding ortho intramolecular Hbond substituents is 1. The molecule has 12 heavy (non-hydrogen) atoms. The highest BCUT2D eigenvalue weighted by atomic mass is 35.5. The molecule has 0 saturated heterocycles. The van der Waals surface area contributed by atoms with Crippen molar-refractivity contribution in [3.63, 3.8) is 0 Å². The van der Waals surface area contributed by atoms with Gasteiger partial charge >= 0.3 is 0 Å². The van der Waals surface area contributed by atoms with Crippen molar-refractivity contribution in [2.75, 3.05) is 0 Å². The fourth-order valence-corrected chi connectivity index (χ4v) is 1.50. The number of aromatic amines is 1. The van der Waals surface area contributed by atoms with Crippen LogP contribution < -0.4 is 0 Å². The largest absolute Gasteiger partial charge is 0.506 e. The highest BCUT2D eigenvalue weighted by Gasteiger charge is 2.07. The monoisotopic (exact) mass is 181 g/mol. The lowest BCUT2D eigenvalue weighted by Gasteiger charge is -1.92. The molecule has 1 aromatic heterocycles. The fraction of sp³-hybridized carbons (Fsp3) is 0.111. The Morgan fingerprint density at radius 3 is 2.83 bits per heavy atom. The van der Waals surface area contributed by atoms with Crippen LogP contribution in [-0.4, -0.2) is 10.1 Å². The molecule has 3 heteroatoms. The maximum absolute atomic E-state index is 9.42. The van der Waals surface area contributed by atoms with Gasteiger partial charge in [0, 0.05) is 5.39 Å². The second kappa shape index (κ2) is 2.42. The molecule has 2 nitrogen and oxygen atoms in total. The molecule has 0 radical (unpaired) electrons. The van der Waals surface area contributed by atoms with Crippen molar-refractivity contribution in [3.05, 3.63) is 28.9 Å². The van der Waals surface area contributed by atoms with Gasteiger partial charge in [-0.25, -0.2) is 0 Å². The summed E-state index contributed by atoms with van der Waals surface area (Å²) in [6.07, 6.45) is 0. The van der Waals surface area contributed by atoms with Crippen LogP contribution in [0.5, 0.6) is 5.75 Å². The molecule has 0 amide bonds. The molecule has 2 rings (SSSR count). The Bertz CT molecular complexity index is 433. The predicted octanol–water partition coefficient (Wildman–Crippen LogP) is 2.84. The first kappa shape index (κ1) is 7.50. The third-order valence-corrected chi connectivity index (χ3v) is 2.39. The van der Waals surface area contributed by atoms with E-state index in [1.165, 1.54) is 0 Å². The summed E-state index contributed by atoms with van der Waals surface area (Å²) in [5, 5.41) is 11.0. The number of para-hydroxylation sites is 1. The first-order valence-corrected chi connectivity index (χ1v) is 4.03. The average Bonchev–Trinajstić information content (AvgIpc) is 2.32. The Kier molecular flexibility index (Phi) is 1.51. The Balaban J connectivity index is 2.95. The van der Waals surface area contributed by atoms with Gasteiger partial charge in [-0.05, 0) is 18.6 Å². The maximum Gasteiger partial charge on any atom is 0.139 e. The van der Waals surface area contributed by atoms with Gasteiger partial charge in [0.15, 0.2) is 0 Å². The van der Waals surface area contributed by atoms with Crippen molar-refractivity contribution in [2.24, 2.45) is 0 Å². The van der Waals surface area contributed by atoms with Crippen molar-refractivity contribution in [2.45, 2.75) is 6.92 Å². The SMILES string of the molecule is Cc1c(Cl)[nH]c2c(O)cccc12. The number of fused-ring (bicyclic) bond motifs is 1. The van der Waals surface area contributed by atoms with E-state index in [1.54, 1.807) is 12.1 Å². The van der Waals surface area contributed by atoms with Crippen molar-refractivity contribution in [1.29, 1.82) is 0 Å². The van der Waals surface area contributed by atoms with Crippen LogP contribution in [0, 0.1) is 6.92 Å². The molecule has 0 atom stereocenters. The second-order valence-electron chi connectivity index (χ2n) is 2.76. The number of rotatable bonds is 0. The lowest BCUT2D eigenvalue weighted by Crippen LogP contribution is -1.69. The van der Waals surface area contributed by atoms with Gasteiger partial charge in [-0.2, -0.15) is 0 Å². The number of aryl methyl sites for hydroxylation is 1. The van der Waals surface area contributed by atoms with Gasteiger partial charge in [0.05, 0.1) is 5.52 Å². The molecule has 0 saturated carbocycles. The third-order valence-electron chi connectivity index (χ3n) is 2.01. The highest BCUT2D eigenvalue weighted by Crippen LogP contribution is 2.30. The minimum Gasteiger partial charge on any atom is -0.506 e. The van der Waals surface area contributed by atoms with Crippen LogP contribution in [0.2, 0.25) is 5.15 Å². The molecule has 0 spiro atoms. The first-order chi connectivity index (χ1) is 5.70. The van der Waals surface area contributed by atoms with E-state index in [2.05, 4.69) is 4.98 Å².